The zero-order valence-electron chi connectivity index (χ0n) is 11.5. The topological polar surface area (TPSA) is 46.3 Å². The van der Waals surface area contributed by atoms with E-state index in [9.17, 15) is 4.79 Å². The molecule has 2 atom stereocenters. The fourth-order valence-electron chi connectivity index (χ4n) is 2.82. The monoisotopic (exact) mass is 240 g/mol. The van der Waals surface area contributed by atoms with Crippen LogP contribution in [0.5, 0.6) is 0 Å². The summed E-state index contributed by atoms with van der Waals surface area (Å²) in [6, 6.07) is 0. The lowest BCUT2D eigenvalue weighted by Crippen LogP contribution is -2.42. The van der Waals surface area contributed by atoms with Crippen molar-refractivity contribution in [1.29, 1.82) is 0 Å². The highest BCUT2D eigenvalue weighted by Crippen LogP contribution is 2.30. The maximum Gasteiger partial charge on any atom is 0.225 e. The Labute approximate surface area is 106 Å². The molecule has 2 unspecified atom stereocenters. The van der Waals surface area contributed by atoms with Crippen LogP contribution in [0.1, 0.15) is 52.4 Å². The summed E-state index contributed by atoms with van der Waals surface area (Å²) in [6.07, 6.45) is 6.88. The van der Waals surface area contributed by atoms with Gasteiger partial charge in [0.2, 0.25) is 5.91 Å². The van der Waals surface area contributed by atoms with Crippen molar-refractivity contribution in [3.05, 3.63) is 0 Å². The third kappa shape index (κ3) is 3.98. The van der Waals surface area contributed by atoms with Gasteiger partial charge < -0.3 is 10.6 Å². The summed E-state index contributed by atoms with van der Waals surface area (Å²) >= 11 is 0. The predicted molar refractivity (Wildman–Crippen MR) is 71.7 cm³/mol. The summed E-state index contributed by atoms with van der Waals surface area (Å²) < 4.78 is 0. The number of nitrogens with zero attached hydrogens (tertiary/aromatic N) is 1. The van der Waals surface area contributed by atoms with Crippen molar-refractivity contribution in [2.75, 3.05) is 19.6 Å². The molecule has 2 N–H and O–H groups in total. The standard InChI is InChI=1S/C14H28N2O/c1-3-5-10-16(4-2)14(17)13-9-7-6-8-12(13)11-15/h12-13H,3-11,15H2,1-2H3. The highest BCUT2D eigenvalue weighted by molar-refractivity contribution is 5.79. The zero-order valence-corrected chi connectivity index (χ0v) is 11.5. The minimum atomic E-state index is 0.200. The van der Waals surface area contributed by atoms with Crippen molar-refractivity contribution in [1.82, 2.24) is 4.90 Å². The first-order valence-electron chi connectivity index (χ1n) is 7.23. The highest BCUT2D eigenvalue weighted by Gasteiger charge is 2.32. The third-order valence-corrected chi connectivity index (χ3v) is 4.00. The molecule has 0 heterocycles. The average Bonchev–Trinajstić information content (AvgIpc) is 2.39. The number of carbonyl (C=O) groups is 1. The van der Waals surface area contributed by atoms with Gasteiger partial charge >= 0.3 is 0 Å². The van der Waals surface area contributed by atoms with Gasteiger partial charge in [-0.2, -0.15) is 0 Å². The normalized spacial score (nSPS) is 24.6. The minimum Gasteiger partial charge on any atom is -0.343 e. The smallest absolute Gasteiger partial charge is 0.225 e. The van der Waals surface area contributed by atoms with E-state index in [2.05, 4.69) is 13.8 Å². The Bertz CT molecular complexity index is 230. The number of hydrogen-bond donors (Lipinski definition) is 1. The van der Waals surface area contributed by atoms with Gasteiger partial charge in [0, 0.05) is 19.0 Å². The van der Waals surface area contributed by atoms with E-state index in [4.69, 9.17) is 5.73 Å². The van der Waals surface area contributed by atoms with Crippen LogP contribution in [0, 0.1) is 11.8 Å². The van der Waals surface area contributed by atoms with Crippen molar-refractivity contribution >= 4 is 5.91 Å². The second kappa shape index (κ2) is 7.70. The zero-order chi connectivity index (χ0) is 12.7. The van der Waals surface area contributed by atoms with E-state index in [1.807, 2.05) is 4.90 Å². The Kier molecular flexibility index (Phi) is 6.56. The van der Waals surface area contributed by atoms with Gasteiger partial charge in [-0.05, 0) is 38.6 Å². The molecule has 0 aromatic carbocycles. The quantitative estimate of drug-likeness (QED) is 0.775. The molecule has 0 aromatic heterocycles. The lowest BCUT2D eigenvalue weighted by atomic mass is 9.78. The van der Waals surface area contributed by atoms with Crippen molar-refractivity contribution in [2.45, 2.75) is 52.4 Å². The molecule has 0 spiro atoms. The number of amides is 1. The van der Waals surface area contributed by atoms with Crippen molar-refractivity contribution < 1.29 is 4.79 Å². The van der Waals surface area contributed by atoms with E-state index >= 15 is 0 Å². The summed E-state index contributed by atoms with van der Waals surface area (Å²) in [6.45, 7) is 6.67. The number of nitrogens with two attached hydrogens (primary N) is 1. The summed E-state index contributed by atoms with van der Waals surface area (Å²) in [5.41, 5.74) is 5.80. The summed E-state index contributed by atoms with van der Waals surface area (Å²) in [5, 5.41) is 0. The van der Waals surface area contributed by atoms with Gasteiger partial charge in [0.1, 0.15) is 0 Å². The first-order chi connectivity index (χ1) is 8.24. The van der Waals surface area contributed by atoms with E-state index in [1.54, 1.807) is 0 Å². The fraction of sp³-hybridized carbons (Fsp3) is 0.929. The first kappa shape index (κ1) is 14.5. The molecule has 0 radical (unpaired) electrons. The van der Waals surface area contributed by atoms with Gasteiger partial charge in [-0.3, -0.25) is 4.79 Å². The number of rotatable bonds is 6. The SMILES string of the molecule is CCCCN(CC)C(=O)C1CCCCC1CN. The molecule has 0 aliphatic heterocycles. The van der Waals surface area contributed by atoms with Gasteiger partial charge in [-0.15, -0.1) is 0 Å². The van der Waals surface area contributed by atoms with Gasteiger partial charge in [0.05, 0.1) is 0 Å². The Balaban J connectivity index is 2.57. The van der Waals surface area contributed by atoms with Crippen LogP contribution in [0.25, 0.3) is 0 Å². The molecule has 1 saturated carbocycles. The molecule has 100 valence electrons. The molecule has 3 nitrogen and oxygen atoms in total. The number of hydrogen-bond acceptors (Lipinski definition) is 2. The van der Waals surface area contributed by atoms with Gasteiger partial charge in [-0.25, -0.2) is 0 Å². The van der Waals surface area contributed by atoms with Crippen LogP contribution in [0.4, 0.5) is 0 Å². The van der Waals surface area contributed by atoms with E-state index in [1.165, 1.54) is 12.8 Å². The van der Waals surface area contributed by atoms with Crippen LogP contribution < -0.4 is 5.73 Å². The molecule has 0 bridgehead atoms. The van der Waals surface area contributed by atoms with Crippen LogP contribution in [-0.2, 0) is 4.79 Å². The first-order valence-corrected chi connectivity index (χ1v) is 7.23. The Morgan fingerprint density at radius 1 is 1.29 bits per heavy atom. The third-order valence-electron chi connectivity index (χ3n) is 4.00. The van der Waals surface area contributed by atoms with Crippen molar-refractivity contribution in [2.24, 2.45) is 17.6 Å². The molecule has 0 saturated heterocycles. The molecule has 1 fully saturated rings. The molecule has 1 amide bonds. The molecular formula is C14H28N2O. The lowest BCUT2D eigenvalue weighted by molar-refractivity contribution is -0.138. The van der Waals surface area contributed by atoms with Gasteiger partial charge in [0.15, 0.2) is 0 Å². The maximum atomic E-state index is 12.5. The van der Waals surface area contributed by atoms with Crippen LogP contribution in [0.15, 0.2) is 0 Å². The second-order valence-electron chi connectivity index (χ2n) is 5.16. The maximum absolute atomic E-state index is 12.5. The van der Waals surface area contributed by atoms with Gasteiger partial charge in [0.25, 0.3) is 0 Å². The largest absolute Gasteiger partial charge is 0.343 e. The predicted octanol–water partition coefficient (Wildman–Crippen LogP) is 2.40. The lowest BCUT2D eigenvalue weighted by Gasteiger charge is -2.33. The second-order valence-corrected chi connectivity index (χ2v) is 5.16. The summed E-state index contributed by atoms with van der Waals surface area (Å²) in [7, 11) is 0. The fourth-order valence-corrected chi connectivity index (χ4v) is 2.82. The summed E-state index contributed by atoms with van der Waals surface area (Å²) in [4.78, 5) is 14.5. The van der Waals surface area contributed by atoms with Crippen molar-refractivity contribution in [3.8, 4) is 0 Å². The molecule has 0 aromatic rings. The molecule has 1 aliphatic carbocycles. The summed E-state index contributed by atoms with van der Waals surface area (Å²) in [5.74, 6) is 0.980. The number of unbranched alkanes of at least 4 members (excludes halogenated alkanes) is 1. The van der Waals surface area contributed by atoms with Crippen LogP contribution in [0.3, 0.4) is 0 Å². The molecule has 17 heavy (non-hydrogen) atoms. The Morgan fingerprint density at radius 2 is 2.00 bits per heavy atom. The Morgan fingerprint density at radius 3 is 2.59 bits per heavy atom. The van der Waals surface area contributed by atoms with Gasteiger partial charge in [-0.1, -0.05) is 26.2 Å². The number of carbonyl (C=O) groups excluding carboxylic acids is 1. The van der Waals surface area contributed by atoms with E-state index in [-0.39, 0.29) is 5.92 Å². The Hall–Kier alpha value is -0.570. The van der Waals surface area contributed by atoms with E-state index < -0.39 is 0 Å². The molecule has 3 heteroatoms. The van der Waals surface area contributed by atoms with Crippen molar-refractivity contribution in [3.63, 3.8) is 0 Å². The van der Waals surface area contributed by atoms with E-state index in [0.29, 0.717) is 18.4 Å². The van der Waals surface area contributed by atoms with E-state index in [0.717, 1.165) is 38.8 Å². The molecule has 1 rings (SSSR count). The molecule has 1 aliphatic rings. The minimum absolute atomic E-state index is 0.200. The average molecular weight is 240 g/mol. The highest BCUT2D eigenvalue weighted by atomic mass is 16.2. The van der Waals surface area contributed by atoms with Crippen LogP contribution in [-0.4, -0.2) is 30.4 Å². The van der Waals surface area contributed by atoms with Crippen LogP contribution >= 0.6 is 0 Å². The van der Waals surface area contributed by atoms with Crippen LogP contribution in [0.2, 0.25) is 0 Å². The molecular weight excluding hydrogens is 212 g/mol.